The van der Waals surface area contributed by atoms with Crippen molar-refractivity contribution in [3.05, 3.63) is 24.3 Å². The molecule has 116 valence electrons. The third kappa shape index (κ3) is 4.11. The molecule has 1 aliphatic rings. The Balaban J connectivity index is 1.83. The van der Waals surface area contributed by atoms with Gasteiger partial charge in [0.15, 0.2) is 0 Å². The lowest BCUT2D eigenvalue weighted by Crippen LogP contribution is -2.50. The Morgan fingerprint density at radius 3 is 2.19 bits per heavy atom. The molecule has 0 spiro atoms. The van der Waals surface area contributed by atoms with Gasteiger partial charge in [0.1, 0.15) is 0 Å². The largest absolute Gasteiger partial charge is 0.399 e. The third-order valence-electron chi connectivity index (χ3n) is 4.11. The number of nitrogens with two attached hydrogens (primary N) is 1. The van der Waals surface area contributed by atoms with Crippen LogP contribution in [0.25, 0.3) is 0 Å². The maximum absolute atomic E-state index is 12.1. The van der Waals surface area contributed by atoms with Gasteiger partial charge in [-0.25, -0.2) is 0 Å². The predicted molar refractivity (Wildman–Crippen MR) is 87.4 cm³/mol. The van der Waals surface area contributed by atoms with Gasteiger partial charge in [0, 0.05) is 50.6 Å². The number of hydrogen-bond donors (Lipinski definition) is 1. The summed E-state index contributed by atoms with van der Waals surface area (Å²) in [4.78, 5) is 18.6. The summed E-state index contributed by atoms with van der Waals surface area (Å²) >= 11 is 0. The standard InChI is InChI=1S/C16H26N4O/c1-3-19(4-2)16(21)13-18-9-11-20(12-10-18)15-7-5-14(17)6-8-15/h5-8H,3-4,9-13,17H2,1-2H3. The number of likely N-dealkylation sites (N-methyl/N-ethyl adjacent to an activating group) is 1. The lowest BCUT2D eigenvalue weighted by Gasteiger charge is -2.36. The summed E-state index contributed by atoms with van der Waals surface area (Å²) in [5, 5.41) is 0. The number of rotatable bonds is 5. The van der Waals surface area contributed by atoms with Crippen LogP contribution in [-0.2, 0) is 4.79 Å². The van der Waals surface area contributed by atoms with Crippen LogP contribution in [0, 0.1) is 0 Å². The van der Waals surface area contributed by atoms with E-state index in [9.17, 15) is 4.79 Å². The Hall–Kier alpha value is -1.75. The van der Waals surface area contributed by atoms with Crippen molar-refractivity contribution in [3.63, 3.8) is 0 Å². The zero-order valence-electron chi connectivity index (χ0n) is 13.1. The van der Waals surface area contributed by atoms with E-state index in [1.54, 1.807) is 0 Å². The summed E-state index contributed by atoms with van der Waals surface area (Å²) in [5.41, 5.74) is 7.72. The molecular weight excluding hydrogens is 264 g/mol. The number of benzene rings is 1. The lowest BCUT2D eigenvalue weighted by molar-refractivity contribution is -0.132. The summed E-state index contributed by atoms with van der Waals surface area (Å²) in [6, 6.07) is 8.00. The molecule has 0 bridgehead atoms. The van der Waals surface area contributed by atoms with Crippen LogP contribution in [0.5, 0.6) is 0 Å². The van der Waals surface area contributed by atoms with Gasteiger partial charge >= 0.3 is 0 Å². The Morgan fingerprint density at radius 1 is 1.10 bits per heavy atom. The average molecular weight is 290 g/mol. The molecule has 2 N–H and O–H groups in total. The molecule has 1 fully saturated rings. The van der Waals surface area contributed by atoms with Crippen LogP contribution in [0.1, 0.15) is 13.8 Å². The van der Waals surface area contributed by atoms with Crippen molar-refractivity contribution in [2.45, 2.75) is 13.8 Å². The molecule has 0 saturated carbocycles. The number of carbonyl (C=O) groups is 1. The molecule has 2 rings (SSSR count). The Kier molecular flexibility index (Phi) is 5.44. The van der Waals surface area contributed by atoms with E-state index >= 15 is 0 Å². The van der Waals surface area contributed by atoms with Crippen molar-refractivity contribution in [1.82, 2.24) is 9.80 Å². The van der Waals surface area contributed by atoms with Crippen molar-refractivity contribution in [1.29, 1.82) is 0 Å². The van der Waals surface area contributed by atoms with Gasteiger partial charge in [-0.3, -0.25) is 9.69 Å². The first-order valence-corrected chi connectivity index (χ1v) is 7.74. The minimum atomic E-state index is 0.237. The number of anilines is 2. The molecule has 1 amide bonds. The fraction of sp³-hybridized carbons (Fsp3) is 0.562. The van der Waals surface area contributed by atoms with E-state index in [2.05, 4.69) is 21.9 Å². The highest BCUT2D eigenvalue weighted by molar-refractivity contribution is 5.78. The van der Waals surface area contributed by atoms with Crippen LogP contribution in [-0.4, -0.2) is 61.5 Å². The van der Waals surface area contributed by atoms with E-state index in [0.29, 0.717) is 6.54 Å². The van der Waals surface area contributed by atoms with Crippen LogP contribution in [0.4, 0.5) is 11.4 Å². The molecular formula is C16H26N4O. The van der Waals surface area contributed by atoms with Crippen LogP contribution in [0.2, 0.25) is 0 Å². The maximum atomic E-state index is 12.1. The van der Waals surface area contributed by atoms with Crippen LogP contribution in [0.3, 0.4) is 0 Å². The highest BCUT2D eigenvalue weighted by Crippen LogP contribution is 2.18. The summed E-state index contributed by atoms with van der Waals surface area (Å²) in [6.45, 7) is 9.94. The van der Waals surface area contributed by atoms with E-state index in [0.717, 1.165) is 45.0 Å². The first-order chi connectivity index (χ1) is 10.1. The normalized spacial score (nSPS) is 16.0. The Labute approximate surface area is 127 Å². The molecule has 0 atom stereocenters. The van der Waals surface area contributed by atoms with Gasteiger partial charge in [-0.05, 0) is 38.1 Å². The Bertz CT molecular complexity index is 448. The molecule has 0 radical (unpaired) electrons. The molecule has 21 heavy (non-hydrogen) atoms. The number of piperazine rings is 1. The molecule has 5 nitrogen and oxygen atoms in total. The first-order valence-electron chi connectivity index (χ1n) is 7.74. The summed E-state index contributed by atoms with van der Waals surface area (Å²) < 4.78 is 0. The summed E-state index contributed by atoms with van der Waals surface area (Å²) in [6.07, 6.45) is 0. The van der Waals surface area contributed by atoms with Crippen molar-refractivity contribution < 1.29 is 4.79 Å². The van der Waals surface area contributed by atoms with Gasteiger partial charge in [0.2, 0.25) is 5.91 Å². The van der Waals surface area contributed by atoms with E-state index in [4.69, 9.17) is 5.73 Å². The van der Waals surface area contributed by atoms with Gasteiger partial charge in [-0.15, -0.1) is 0 Å². The van der Waals surface area contributed by atoms with Gasteiger partial charge < -0.3 is 15.5 Å². The molecule has 1 heterocycles. The highest BCUT2D eigenvalue weighted by atomic mass is 16.2. The van der Waals surface area contributed by atoms with Gasteiger partial charge in [-0.1, -0.05) is 0 Å². The third-order valence-corrected chi connectivity index (χ3v) is 4.11. The van der Waals surface area contributed by atoms with Gasteiger partial charge in [0.25, 0.3) is 0 Å². The van der Waals surface area contributed by atoms with Crippen LogP contribution < -0.4 is 10.6 Å². The topological polar surface area (TPSA) is 52.8 Å². The SMILES string of the molecule is CCN(CC)C(=O)CN1CCN(c2ccc(N)cc2)CC1. The second kappa shape index (κ2) is 7.31. The van der Waals surface area contributed by atoms with Gasteiger partial charge in [-0.2, -0.15) is 0 Å². The van der Waals surface area contributed by atoms with Crippen LogP contribution >= 0.6 is 0 Å². The fourth-order valence-corrected chi connectivity index (χ4v) is 2.72. The minimum Gasteiger partial charge on any atom is -0.399 e. The molecule has 0 unspecified atom stereocenters. The zero-order chi connectivity index (χ0) is 15.2. The van der Waals surface area contributed by atoms with Crippen LogP contribution in [0.15, 0.2) is 24.3 Å². The van der Waals surface area contributed by atoms with Crippen molar-refractivity contribution in [2.75, 3.05) is 56.4 Å². The summed E-state index contributed by atoms with van der Waals surface area (Å²) in [5.74, 6) is 0.237. The monoisotopic (exact) mass is 290 g/mol. The van der Waals surface area contributed by atoms with E-state index in [-0.39, 0.29) is 5.91 Å². The highest BCUT2D eigenvalue weighted by Gasteiger charge is 2.20. The van der Waals surface area contributed by atoms with E-state index < -0.39 is 0 Å². The molecule has 1 aromatic carbocycles. The minimum absolute atomic E-state index is 0.237. The van der Waals surface area contributed by atoms with E-state index in [1.807, 2.05) is 30.9 Å². The smallest absolute Gasteiger partial charge is 0.236 e. The van der Waals surface area contributed by atoms with Crippen molar-refractivity contribution >= 4 is 17.3 Å². The first kappa shape index (κ1) is 15.6. The summed E-state index contributed by atoms with van der Waals surface area (Å²) in [7, 11) is 0. The lowest BCUT2D eigenvalue weighted by atomic mass is 10.2. The fourth-order valence-electron chi connectivity index (χ4n) is 2.72. The number of amides is 1. The molecule has 0 aliphatic carbocycles. The average Bonchev–Trinajstić information content (AvgIpc) is 2.50. The Morgan fingerprint density at radius 2 is 1.67 bits per heavy atom. The number of nitrogens with zero attached hydrogens (tertiary/aromatic N) is 3. The number of hydrogen-bond acceptors (Lipinski definition) is 4. The molecule has 5 heteroatoms. The predicted octanol–water partition coefficient (Wildman–Crippen LogP) is 1.26. The molecule has 1 aliphatic heterocycles. The maximum Gasteiger partial charge on any atom is 0.236 e. The number of nitrogen functional groups attached to an aromatic ring is 1. The van der Waals surface area contributed by atoms with Gasteiger partial charge in [0.05, 0.1) is 6.54 Å². The second-order valence-electron chi connectivity index (χ2n) is 5.42. The molecule has 1 saturated heterocycles. The number of carbonyl (C=O) groups excluding carboxylic acids is 1. The second-order valence-corrected chi connectivity index (χ2v) is 5.42. The van der Waals surface area contributed by atoms with Crippen molar-refractivity contribution in [2.24, 2.45) is 0 Å². The molecule has 0 aromatic heterocycles. The quantitative estimate of drug-likeness (QED) is 0.830. The zero-order valence-corrected chi connectivity index (χ0v) is 13.1. The van der Waals surface area contributed by atoms with Crippen molar-refractivity contribution in [3.8, 4) is 0 Å². The van der Waals surface area contributed by atoms with E-state index in [1.165, 1.54) is 5.69 Å². The molecule has 1 aromatic rings.